The minimum absolute atomic E-state index is 0.132. The molecule has 0 spiro atoms. The summed E-state index contributed by atoms with van der Waals surface area (Å²) in [5, 5.41) is 10.1. The number of sulfonamides is 1. The van der Waals surface area contributed by atoms with E-state index < -0.39 is 15.6 Å². The molecule has 0 fully saturated rings. The minimum atomic E-state index is -3.76. The smallest absolute Gasteiger partial charge is 0.270 e. The van der Waals surface area contributed by atoms with Gasteiger partial charge in [-0.1, -0.05) is 29.5 Å². The Kier molecular flexibility index (Phi) is 4.83. The second kappa shape index (κ2) is 6.34. The third kappa shape index (κ3) is 4.57. The third-order valence-electron chi connectivity index (χ3n) is 2.69. The van der Waals surface area contributed by atoms with E-state index in [1.54, 1.807) is 32.9 Å². The lowest BCUT2D eigenvalue weighted by Gasteiger charge is -2.18. The summed E-state index contributed by atoms with van der Waals surface area (Å²) >= 11 is 0.805. The second-order valence-electron chi connectivity index (χ2n) is 6.00. The molecule has 0 saturated carbocycles. The van der Waals surface area contributed by atoms with Crippen LogP contribution in [-0.4, -0.2) is 30.1 Å². The molecule has 0 aliphatic rings. The molecule has 124 valence electrons. The number of amides is 1. The van der Waals surface area contributed by atoms with Crippen LogP contribution in [0.25, 0.3) is 0 Å². The standard InChI is InChI=1S/C14H18N4O3S2/c1-9-7-5-6-8-10(9)11(19)15-12-16-17-13(22-12)23(20,21)18-14(2,3)4/h5-8,18H,1-4H3,(H,15,16,19). The summed E-state index contributed by atoms with van der Waals surface area (Å²) in [4.78, 5) is 12.2. The highest BCUT2D eigenvalue weighted by Gasteiger charge is 2.26. The van der Waals surface area contributed by atoms with Crippen LogP contribution >= 0.6 is 11.3 Å². The lowest BCUT2D eigenvalue weighted by molar-refractivity contribution is 0.102. The molecule has 1 amide bonds. The molecule has 2 rings (SSSR count). The van der Waals surface area contributed by atoms with Crippen LogP contribution in [0.3, 0.4) is 0 Å². The molecule has 0 atom stereocenters. The van der Waals surface area contributed by atoms with Crippen molar-refractivity contribution in [1.29, 1.82) is 0 Å². The lowest BCUT2D eigenvalue weighted by Crippen LogP contribution is -2.40. The maximum atomic E-state index is 12.2. The summed E-state index contributed by atoms with van der Waals surface area (Å²) in [6, 6.07) is 7.09. The Hall–Kier alpha value is -1.84. The number of nitrogens with zero attached hydrogens (tertiary/aromatic N) is 2. The Labute approximate surface area is 139 Å². The van der Waals surface area contributed by atoms with E-state index >= 15 is 0 Å². The summed E-state index contributed by atoms with van der Waals surface area (Å²) in [7, 11) is -3.76. The molecule has 0 aliphatic carbocycles. The van der Waals surface area contributed by atoms with Crippen LogP contribution in [0.5, 0.6) is 0 Å². The van der Waals surface area contributed by atoms with Gasteiger partial charge in [-0.3, -0.25) is 10.1 Å². The van der Waals surface area contributed by atoms with Crippen LogP contribution in [0, 0.1) is 6.92 Å². The highest BCUT2D eigenvalue weighted by Crippen LogP contribution is 2.22. The van der Waals surface area contributed by atoms with Crippen LogP contribution in [0.1, 0.15) is 36.7 Å². The van der Waals surface area contributed by atoms with Crippen molar-refractivity contribution in [3.63, 3.8) is 0 Å². The quantitative estimate of drug-likeness (QED) is 0.820. The van der Waals surface area contributed by atoms with Crippen molar-refractivity contribution in [2.75, 3.05) is 5.32 Å². The van der Waals surface area contributed by atoms with Crippen LogP contribution in [-0.2, 0) is 10.0 Å². The van der Waals surface area contributed by atoms with Crippen molar-refractivity contribution in [3.05, 3.63) is 35.4 Å². The average Bonchev–Trinajstić information content (AvgIpc) is 2.85. The number of carbonyl (C=O) groups is 1. The third-order valence-corrected chi connectivity index (χ3v) is 5.65. The van der Waals surface area contributed by atoms with E-state index in [0.29, 0.717) is 5.56 Å². The predicted molar refractivity (Wildman–Crippen MR) is 89.1 cm³/mol. The molecular formula is C14H18N4O3S2. The molecular weight excluding hydrogens is 336 g/mol. The summed E-state index contributed by atoms with van der Waals surface area (Å²) in [6.45, 7) is 7.00. The van der Waals surface area contributed by atoms with E-state index in [4.69, 9.17) is 0 Å². The summed E-state index contributed by atoms with van der Waals surface area (Å²) < 4.78 is 26.6. The largest absolute Gasteiger partial charge is 0.296 e. The van der Waals surface area contributed by atoms with Gasteiger partial charge in [0, 0.05) is 11.1 Å². The zero-order chi connectivity index (χ0) is 17.3. The van der Waals surface area contributed by atoms with Gasteiger partial charge in [0.2, 0.25) is 9.47 Å². The number of aryl methyl sites for hydroxylation is 1. The minimum Gasteiger partial charge on any atom is -0.296 e. The number of rotatable bonds is 4. The van der Waals surface area contributed by atoms with Crippen molar-refractivity contribution in [2.45, 2.75) is 37.6 Å². The molecule has 1 aromatic carbocycles. The summed E-state index contributed by atoms with van der Waals surface area (Å²) in [5.41, 5.74) is 0.686. The molecule has 2 N–H and O–H groups in total. The monoisotopic (exact) mass is 354 g/mol. The van der Waals surface area contributed by atoms with E-state index in [-0.39, 0.29) is 15.4 Å². The first-order valence-corrected chi connectivity index (χ1v) is 9.13. The molecule has 0 saturated heterocycles. The maximum absolute atomic E-state index is 12.2. The van der Waals surface area contributed by atoms with E-state index in [9.17, 15) is 13.2 Å². The van der Waals surface area contributed by atoms with Gasteiger partial charge in [-0.05, 0) is 39.3 Å². The molecule has 0 bridgehead atoms. The van der Waals surface area contributed by atoms with Gasteiger partial charge in [0.1, 0.15) is 0 Å². The molecule has 1 heterocycles. The molecule has 0 unspecified atom stereocenters. The number of benzene rings is 1. The van der Waals surface area contributed by atoms with E-state index in [1.807, 2.05) is 19.1 Å². The van der Waals surface area contributed by atoms with Crippen LogP contribution in [0.2, 0.25) is 0 Å². The summed E-state index contributed by atoms with van der Waals surface area (Å²) in [6.07, 6.45) is 0. The van der Waals surface area contributed by atoms with Gasteiger partial charge in [0.25, 0.3) is 15.9 Å². The first kappa shape index (κ1) is 17.5. The SMILES string of the molecule is Cc1ccccc1C(=O)Nc1nnc(S(=O)(=O)NC(C)(C)C)s1. The van der Waals surface area contributed by atoms with E-state index in [1.165, 1.54) is 0 Å². The van der Waals surface area contributed by atoms with Gasteiger partial charge in [0.15, 0.2) is 0 Å². The normalized spacial score (nSPS) is 12.2. The number of hydrogen-bond acceptors (Lipinski definition) is 6. The summed E-state index contributed by atoms with van der Waals surface area (Å²) in [5.74, 6) is -0.355. The zero-order valence-corrected chi connectivity index (χ0v) is 14.9. The molecule has 0 aliphatic heterocycles. The number of anilines is 1. The highest BCUT2D eigenvalue weighted by molar-refractivity contribution is 7.91. The Morgan fingerprint density at radius 3 is 2.43 bits per heavy atom. The van der Waals surface area contributed by atoms with Crippen LogP contribution in [0.15, 0.2) is 28.6 Å². The van der Waals surface area contributed by atoms with Crippen molar-refractivity contribution in [2.24, 2.45) is 0 Å². The molecule has 0 radical (unpaired) electrons. The van der Waals surface area contributed by atoms with Crippen molar-refractivity contribution >= 4 is 32.4 Å². The molecule has 23 heavy (non-hydrogen) atoms. The first-order valence-electron chi connectivity index (χ1n) is 6.83. The fraction of sp³-hybridized carbons (Fsp3) is 0.357. The van der Waals surface area contributed by atoms with Crippen molar-refractivity contribution < 1.29 is 13.2 Å². The number of nitrogens with one attached hydrogen (secondary N) is 2. The fourth-order valence-corrected chi connectivity index (χ4v) is 4.12. The van der Waals surface area contributed by atoms with Gasteiger partial charge in [0.05, 0.1) is 0 Å². The predicted octanol–water partition coefficient (Wildman–Crippen LogP) is 2.18. The van der Waals surface area contributed by atoms with Crippen LogP contribution < -0.4 is 10.0 Å². The van der Waals surface area contributed by atoms with Gasteiger partial charge in [-0.25, -0.2) is 13.1 Å². The first-order chi connectivity index (χ1) is 10.6. The molecule has 2 aromatic rings. The molecule has 1 aromatic heterocycles. The topological polar surface area (TPSA) is 101 Å². The van der Waals surface area contributed by atoms with E-state index in [0.717, 1.165) is 16.9 Å². The Balaban J connectivity index is 2.17. The number of hydrogen-bond donors (Lipinski definition) is 2. The second-order valence-corrected chi connectivity index (χ2v) is 8.83. The van der Waals surface area contributed by atoms with Gasteiger partial charge in [-0.2, -0.15) is 0 Å². The lowest BCUT2D eigenvalue weighted by atomic mass is 10.1. The van der Waals surface area contributed by atoms with Gasteiger partial charge in [-0.15, -0.1) is 10.2 Å². The fourth-order valence-electron chi connectivity index (χ4n) is 1.81. The van der Waals surface area contributed by atoms with Gasteiger partial charge < -0.3 is 0 Å². The van der Waals surface area contributed by atoms with Crippen molar-refractivity contribution in [1.82, 2.24) is 14.9 Å². The van der Waals surface area contributed by atoms with Crippen LogP contribution in [0.4, 0.5) is 5.13 Å². The average molecular weight is 354 g/mol. The molecule has 7 nitrogen and oxygen atoms in total. The Morgan fingerprint density at radius 1 is 1.17 bits per heavy atom. The Bertz CT molecular complexity index is 823. The number of carbonyl (C=O) groups excluding carboxylic acids is 1. The number of aromatic nitrogens is 2. The van der Waals surface area contributed by atoms with Gasteiger partial charge >= 0.3 is 0 Å². The highest BCUT2D eigenvalue weighted by atomic mass is 32.2. The zero-order valence-electron chi connectivity index (χ0n) is 13.2. The molecule has 9 heteroatoms. The Morgan fingerprint density at radius 2 is 1.83 bits per heavy atom. The maximum Gasteiger partial charge on any atom is 0.270 e. The van der Waals surface area contributed by atoms with E-state index in [2.05, 4.69) is 20.2 Å². The van der Waals surface area contributed by atoms with Crippen molar-refractivity contribution in [3.8, 4) is 0 Å².